The zero-order valence-corrected chi connectivity index (χ0v) is 19.1. The molecule has 0 radical (unpaired) electrons. The fourth-order valence-electron chi connectivity index (χ4n) is 5.99. The average molecular weight is 462 g/mol. The van der Waals surface area contributed by atoms with Crippen molar-refractivity contribution in [2.45, 2.75) is 0 Å². The number of benzene rings is 3. The van der Waals surface area contributed by atoms with Gasteiger partial charge in [0.15, 0.2) is 0 Å². The number of amides is 2. The summed E-state index contributed by atoms with van der Waals surface area (Å²) in [7, 11) is 1.29. The van der Waals surface area contributed by atoms with Gasteiger partial charge in [0.1, 0.15) is 0 Å². The summed E-state index contributed by atoms with van der Waals surface area (Å²) >= 11 is 0. The van der Waals surface area contributed by atoms with Gasteiger partial charge in [0.25, 0.3) is 0 Å². The van der Waals surface area contributed by atoms with Gasteiger partial charge < -0.3 is 4.74 Å². The van der Waals surface area contributed by atoms with Crippen molar-refractivity contribution >= 4 is 29.0 Å². The fourth-order valence-corrected chi connectivity index (χ4v) is 5.99. The minimum absolute atomic E-state index is 0.174. The van der Waals surface area contributed by atoms with E-state index < -0.39 is 17.8 Å². The van der Waals surface area contributed by atoms with Crippen molar-refractivity contribution in [1.29, 1.82) is 0 Å². The van der Waals surface area contributed by atoms with E-state index in [4.69, 9.17) is 4.74 Å². The van der Waals surface area contributed by atoms with E-state index in [1.54, 1.807) is 24.3 Å². The van der Waals surface area contributed by atoms with Crippen LogP contribution >= 0.6 is 0 Å². The number of carbonyl (C=O) groups is 3. The number of fused-ring (bicyclic) bond motifs is 5. The van der Waals surface area contributed by atoms with Gasteiger partial charge in [0.2, 0.25) is 11.8 Å². The molecule has 2 fully saturated rings. The number of hydrogen-bond acceptors (Lipinski definition) is 4. The van der Waals surface area contributed by atoms with E-state index in [1.807, 2.05) is 36.4 Å². The Hall–Kier alpha value is -4.25. The second-order valence-corrected chi connectivity index (χ2v) is 9.07. The lowest BCUT2D eigenvalue weighted by molar-refractivity contribution is -0.122. The summed E-state index contributed by atoms with van der Waals surface area (Å²) in [5.41, 5.74) is 4.85. The summed E-state index contributed by atoms with van der Waals surface area (Å²) in [6, 6.07) is 26.9. The van der Waals surface area contributed by atoms with Gasteiger partial charge in [-0.15, -0.1) is 0 Å². The van der Waals surface area contributed by atoms with Crippen LogP contribution in [0.4, 0.5) is 5.69 Å². The highest BCUT2D eigenvalue weighted by molar-refractivity contribution is 6.25. The Labute approximate surface area is 203 Å². The molecule has 1 heterocycles. The lowest BCUT2D eigenvalue weighted by Gasteiger charge is -2.22. The van der Waals surface area contributed by atoms with Crippen molar-refractivity contribution in [3.8, 4) is 0 Å². The van der Waals surface area contributed by atoms with E-state index in [0.717, 1.165) is 22.3 Å². The minimum Gasteiger partial charge on any atom is -0.465 e. The van der Waals surface area contributed by atoms with Crippen molar-refractivity contribution in [3.63, 3.8) is 0 Å². The van der Waals surface area contributed by atoms with Gasteiger partial charge in [0, 0.05) is 11.8 Å². The molecular formula is C30H23NO4. The highest BCUT2D eigenvalue weighted by Gasteiger charge is 2.62. The Morgan fingerprint density at radius 2 is 1.20 bits per heavy atom. The molecule has 5 nitrogen and oxygen atoms in total. The molecule has 2 aliphatic carbocycles. The predicted octanol–water partition coefficient (Wildman–Crippen LogP) is 4.90. The molecule has 1 saturated heterocycles. The molecule has 3 aromatic rings. The monoisotopic (exact) mass is 461 g/mol. The second kappa shape index (κ2) is 8.20. The summed E-state index contributed by atoms with van der Waals surface area (Å²) in [6.45, 7) is 0. The van der Waals surface area contributed by atoms with Crippen molar-refractivity contribution in [2.24, 2.45) is 23.7 Å². The molecule has 4 atom stereocenters. The molecule has 3 aliphatic rings. The number of imide groups is 1. The highest BCUT2D eigenvalue weighted by Crippen LogP contribution is 2.59. The largest absolute Gasteiger partial charge is 0.465 e. The fraction of sp³-hybridized carbons (Fsp3) is 0.167. The van der Waals surface area contributed by atoms with Crippen LogP contribution in [0.5, 0.6) is 0 Å². The first-order valence-electron chi connectivity index (χ1n) is 11.7. The maximum Gasteiger partial charge on any atom is 0.339 e. The van der Waals surface area contributed by atoms with Crippen LogP contribution in [0.1, 0.15) is 21.5 Å². The molecular weight excluding hydrogens is 438 g/mol. The molecule has 0 unspecified atom stereocenters. The SMILES string of the molecule is COC(=O)c1ccccc1N1C(=O)[C@@H]2[C@H](C1=O)[C@H]1C=C[C@H]2C1=C(c1ccccc1)c1ccccc1. The molecule has 1 aliphatic heterocycles. The quantitative estimate of drug-likeness (QED) is 0.315. The van der Waals surface area contributed by atoms with Crippen LogP contribution in [0.3, 0.4) is 0 Å². The smallest absolute Gasteiger partial charge is 0.339 e. The second-order valence-electron chi connectivity index (χ2n) is 9.07. The van der Waals surface area contributed by atoms with Gasteiger partial charge in [-0.1, -0.05) is 84.9 Å². The predicted molar refractivity (Wildman–Crippen MR) is 132 cm³/mol. The lowest BCUT2D eigenvalue weighted by Crippen LogP contribution is -2.34. The van der Waals surface area contributed by atoms with Gasteiger partial charge in [0.05, 0.1) is 30.2 Å². The van der Waals surface area contributed by atoms with Gasteiger partial charge in [-0.2, -0.15) is 0 Å². The van der Waals surface area contributed by atoms with Crippen molar-refractivity contribution in [3.05, 3.63) is 119 Å². The van der Waals surface area contributed by atoms with Crippen molar-refractivity contribution in [1.82, 2.24) is 0 Å². The number of para-hydroxylation sites is 1. The van der Waals surface area contributed by atoms with Gasteiger partial charge >= 0.3 is 5.97 Å². The Bertz CT molecular complexity index is 1330. The van der Waals surface area contributed by atoms with E-state index in [1.165, 1.54) is 12.0 Å². The van der Waals surface area contributed by atoms with E-state index in [9.17, 15) is 14.4 Å². The third-order valence-electron chi connectivity index (χ3n) is 7.38. The summed E-state index contributed by atoms with van der Waals surface area (Å²) in [5.74, 6) is -2.41. The normalized spacial score (nSPS) is 24.1. The third-order valence-corrected chi connectivity index (χ3v) is 7.38. The molecule has 0 spiro atoms. The third kappa shape index (κ3) is 3.12. The van der Waals surface area contributed by atoms with E-state index >= 15 is 0 Å². The number of allylic oxidation sites excluding steroid dienone is 3. The summed E-state index contributed by atoms with van der Waals surface area (Å²) in [5, 5.41) is 0. The highest BCUT2D eigenvalue weighted by atomic mass is 16.5. The molecule has 3 aromatic carbocycles. The van der Waals surface area contributed by atoms with E-state index in [-0.39, 0.29) is 29.2 Å². The minimum atomic E-state index is -0.574. The Morgan fingerprint density at radius 1 is 0.714 bits per heavy atom. The first-order chi connectivity index (χ1) is 17.1. The number of hydrogen-bond donors (Lipinski definition) is 0. The number of methoxy groups -OCH3 is 1. The summed E-state index contributed by atoms with van der Waals surface area (Å²) in [6.07, 6.45) is 4.15. The van der Waals surface area contributed by atoms with Gasteiger partial charge in [-0.3, -0.25) is 9.59 Å². The van der Waals surface area contributed by atoms with Crippen LogP contribution in [0, 0.1) is 23.7 Å². The maximum atomic E-state index is 13.8. The van der Waals surface area contributed by atoms with E-state index in [2.05, 4.69) is 36.4 Å². The Balaban J connectivity index is 1.48. The first-order valence-corrected chi connectivity index (χ1v) is 11.7. The molecule has 172 valence electrons. The van der Waals surface area contributed by atoms with E-state index in [0.29, 0.717) is 5.69 Å². The van der Waals surface area contributed by atoms with Crippen LogP contribution in [-0.2, 0) is 14.3 Å². The maximum absolute atomic E-state index is 13.8. The number of anilines is 1. The zero-order chi connectivity index (χ0) is 24.1. The van der Waals surface area contributed by atoms with Crippen molar-refractivity contribution in [2.75, 3.05) is 12.0 Å². The summed E-state index contributed by atoms with van der Waals surface area (Å²) in [4.78, 5) is 41.1. The number of carbonyl (C=O) groups excluding carboxylic acids is 3. The number of rotatable bonds is 4. The first kappa shape index (κ1) is 21.3. The standard InChI is InChI=1S/C30H23NO4/c1-35-30(34)20-14-8-9-15-23(20)31-28(32)26-21-16-17-22(27(26)29(31)33)25(21)24(18-10-4-2-5-11-18)19-12-6-3-7-13-19/h2-17,21-22,26-27H,1H3/t21-,22-,26-,27+/m0/s1. The van der Waals surface area contributed by atoms with Crippen LogP contribution in [0.15, 0.2) is 103 Å². The number of ether oxygens (including phenoxy) is 1. The number of nitrogens with zero attached hydrogens (tertiary/aromatic N) is 1. The molecule has 1 saturated carbocycles. The van der Waals surface area contributed by atoms with Crippen LogP contribution < -0.4 is 4.90 Å². The molecule has 5 heteroatoms. The summed E-state index contributed by atoms with van der Waals surface area (Å²) < 4.78 is 4.89. The van der Waals surface area contributed by atoms with Gasteiger partial charge in [-0.05, 0) is 34.4 Å². The molecule has 6 rings (SSSR count). The molecule has 2 bridgehead atoms. The lowest BCUT2D eigenvalue weighted by atomic mass is 9.85. The number of esters is 1. The molecule has 2 amide bonds. The topological polar surface area (TPSA) is 63.7 Å². The Kier molecular flexibility index (Phi) is 4.99. The Morgan fingerprint density at radius 3 is 1.71 bits per heavy atom. The van der Waals surface area contributed by atoms with Crippen LogP contribution in [0.25, 0.3) is 5.57 Å². The van der Waals surface area contributed by atoms with Crippen LogP contribution in [-0.4, -0.2) is 24.9 Å². The van der Waals surface area contributed by atoms with Crippen molar-refractivity contribution < 1.29 is 19.1 Å². The van der Waals surface area contributed by atoms with Crippen LogP contribution in [0.2, 0.25) is 0 Å². The molecule has 0 aromatic heterocycles. The van der Waals surface area contributed by atoms with Gasteiger partial charge in [-0.25, -0.2) is 9.69 Å². The molecule has 0 N–H and O–H groups in total. The average Bonchev–Trinajstić information content (AvgIpc) is 3.54. The molecule has 35 heavy (non-hydrogen) atoms. The zero-order valence-electron chi connectivity index (χ0n) is 19.1.